The number of hydrogen-bond donors (Lipinski definition) is 2. The van der Waals surface area contributed by atoms with Gasteiger partial charge in [-0.3, -0.25) is 0 Å². The zero-order chi connectivity index (χ0) is 11.1. The minimum atomic E-state index is -1.02. The van der Waals surface area contributed by atoms with Crippen molar-refractivity contribution in [3.63, 3.8) is 0 Å². The second-order valence-corrected chi connectivity index (χ2v) is 2.89. The number of aromatic nitrogens is 1. The van der Waals surface area contributed by atoms with Crippen LogP contribution in [-0.4, -0.2) is 29.7 Å². The van der Waals surface area contributed by atoms with Gasteiger partial charge in [-0.2, -0.15) is 0 Å². The van der Waals surface area contributed by atoms with Crippen LogP contribution in [0.1, 0.15) is 22.5 Å². The van der Waals surface area contributed by atoms with Gasteiger partial charge in [-0.05, 0) is 19.2 Å². The third-order valence-electron chi connectivity index (χ3n) is 1.72. The minimum Gasteiger partial charge on any atom is -0.477 e. The molecule has 0 atom stereocenters. The average molecular weight is 204 g/mol. The molecular formula is C11H12N2O2. The fraction of sp³-hybridized carbons (Fsp3) is 0.273. The van der Waals surface area contributed by atoms with Crippen molar-refractivity contribution < 1.29 is 9.90 Å². The lowest BCUT2D eigenvalue weighted by Crippen LogP contribution is -2.05. The highest BCUT2D eigenvalue weighted by atomic mass is 16.4. The lowest BCUT2D eigenvalue weighted by atomic mass is 10.2. The van der Waals surface area contributed by atoms with Gasteiger partial charge in [-0.1, -0.05) is 11.8 Å². The van der Waals surface area contributed by atoms with E-state index < -0.39 is 5.97 Å². The van der Waals surface area contributed by atoms with E-state index in [2.05, 4.69) is 22.1 Å². The summed E-state index contributed by atoms with van der Waals surface area (Å²) in [5.74, 6) is 4.83. The van der Waals surface area contributed by atoms with Gasteiger partial charge >= 0.3 is 5.97 Å². The van der Waals surface area contributed by atoms with E-state index in [-0.39, 0.29) is 5.69 Å². The first-order valence-electron chi connectivity index (χ1n) is 4.57. The number of nitrogens with zero attached hydrogens (tertiary/aromatic N) is 1. The molecule has 0 amide bonds. The van der Waals surface area contributed by atoms with Gasteiger partial charge in [0.2, 0.25) is 0 Å². The van der Waals surface area contributed by atoms with Crippen LogP contribution in [0.4, 0.5) is 0 Å². The molecule has 1 aromatic heterocycles. The van der Waals surface area contributed by atoms with Crippen molar-refractivity contribution in [3.8, 4) is 11.8 Å². The van der Waals surface area contributed by atoms with Gasteiger partial charge in [-0.25, -0.2) is 9.78 Å². The third kappa shape index (κ3) is 3.79. The van der Waals surface area contributed by atoms with Gasteiger partial charge in [0, 0.05) is 24.7 Å². The Bertz CT molecular complexity index is 387. The van der Waals surface area contributed by atoms with Crippen LogP contribution in [0.2, 0.25) is 0 Å². The number of pyridine rings is 1. The Morgan fingerprint density at radius 3 is 2.93 bits per heavy atom. The molecule has 0 radical (unpaired) electrons. The summed E-state index contributed by atoms with van der Waals surface area (Å²) >= 11 is 0. The molecular weight excluding hydrogens is 192 g/mol. The van der Waals surface area contributed by atoms with E-state index in [1.807, 2.05) is 7.05 Å². The van der Waals surface area contributed by atoms with Gasteiger partial charge in [0.25, 0.3) is 0 Å². The SMILES string of the molecule is CNCCC#Cc1ccc(C(=O)O)nc1. The molecule has 0 fully saturated rings. The first-order chi connectivity index (χ1) is 7.24. The van der Waals surface area contributed by atoms with Crippen LogP contribution in [0.15, 0.2) is 18.3 Å². The Morgan fingerprint density at radius 2 is 2.40 bits per heavy atom. The molecule has 0 aliphatic carbocycles. The second-order valence-electron chi connectivity index (χ2n) is 2.89. The summed E-state index contributed by atoms with van der Waals surface area (Å²) in [4.78, 5) is 14.3. The van der Waals surface area contributed by atoms with E-state index in [1.165, 1.54) is 12.3 Å². The van der Waals surface area contributed by atoms with Crippen molar-refractivity contribution in [1.29, 1.82) is 0 Å². The van der Waals surface area contributed by atoms with Gasteiger partial charge in [0.15, 0.2) is 0 Å². The summed E-state index contributed by atoms with van der Waals surface area (Å²) in [5, 5.41) is 11.6. The van der Waals surface area contributed by atoms with Crippen LogP contribution in [-0.2, 0) is 0 Å². The number of hydrogen-bond acceptors (Lipinski definition) is 3. The number of nitrogens with one attached hydrogen (secondary N) is 1. The molecule has 0 saturated heterocycles. The summed E-state index contributed by atoms with van der Waals surface area (Å²) in [6.45, 7) is 0.841. The van der Waals surface area contributed by atoms with Gasteiger partial charge in [-0.15, -0.1) is 0 Å². The summed E-state index contributed by atoms with van der Waals surface area (Å²) in [6, 6.07) is 3.10. The monoisotopic (exact) mass is 204 g/mol. The van der Waals surface area contributed by atoms with Gasteiger partial charge < -0.3 is 10.4 Å². The Morgan fingerprint density at radius 1 is 1.60 bits per heavy atom. The van der Waals surface area contributed by atoms with Crippen LogP contribution in [0.25, 0.3) is 0 Å². The minimum absolute atomic E-state index is 0.0378. The second kappa shape index (κ2) is 5.78. The maximum absolute atomic E-state index is 10.5. The number of rotatable bonds is 3. The van der Waals surface area contributed by atoms with E-state index >= 15 is 0 Å². The van der Waals surface area contributed by atoms with E-state index in [0.717, 1.165) is 18.5 Å². The summed E-state index contributed by atoms with van der Waals surface area (Å²) in [7, 11) is 1.87. The number of aromatic carboxylic acids is 1. The maximum atomic E-state index is 10.5. The van der Waals surface area contributed by atoms with Crippen molar-refractivity contribution in [2.75, 3.05) is 13.6 Å². The van der Waals surface area contributed by atoms with E-state index in [4.69, 9.17) is 5.11 Å². The Labute approximate surface area is 88.3 Å². The lowest BCUT2D eigenvalue weighted by molar-refractivity contribution is 0.0690. The fourth-order valence-electron chi connectivity index (χ4n) is 0.946. The van der Waals surface area contributed by atoms with Crippen molar-refractivity contribution in [2.24, 2.45) is 0 Å². The molecule has 0 spiro atoms. The molecule has 0 unspecified atom stereocenters. The highest BCUT2D eigenvalue weighted by molar-refractivity contribution is 5.85. The summed E-state index contributed by atoms with van der Waals surface area (Å²) in [6.07, 6.45) is 2.23. The fourth-order valence-corrected chi connectivity index (χ4v) is 0.946. The third-order valence-corrected chi connectivity index (χ3v) is 1.72. The highest BCUT2D eigenvalue weighted by Gasteiger charge is 2.01. The predicted molar refractivity (Wildman–Crippen MR) is 56.6 cm³/mol. The molecule has 4 nitrogen and oxygen atoms in total. The zero-order valence-electron chi connectivity index (χ0n) is 8.45. The van der Waals surface area contributed by atoms with Gasteiger partial charge in [0.1, 0.15) is 5.69 Å². The molecule has 78 valence electrons. The van der Waals surface area contributed by atoms with Crippen LogP contribution >= 0.6 is 0 Å². The summed E-state index contributed by atoms with van der Waals surface area (Å²) in [5.41, 5.74) is 0.770. The highest BCUT2D eigenvalue weighted by Crippen LogP contribution is 1.98. The normalized spacial score (nSPS) is 9.13. The van der Waals surface area contributed by atoms with E-state index in [1.54, 1.807) is 6.07 Å². The molecule has 0 aliphatic heterocycles. The van der Waals surface area contributed by atoms with Crippen molar-refractivity contribution in [1.82, 2.24) is 10.3 Å². The smallest absolute Gasteiger partial charge is 0.354 e. The Kier molecular flexibility index (Phi) is 4.32. The van der Waals surface area contributed by atoms with Crippen molar-refractivity contribution in [3.05, 3.63) is 29.6 Å². The van der Waals surface area contributed by atoms with Crippen LogP contribution in [0.5, 0.6) is 0 Å². The Balaban J connectivity index is 2.63. The lowest BCUT2D eigenvalue weighted by Gasteiger charge is -1.93. The van der Waals surface area contributed by atoms with E-state index in [9.17, 15) is 4.79 Å². The van der Waals surface area contributed by atoms with Crippen LogP contribution in [0, 0.1) is 11.8 Å². The van der Waals surface area contributed by atoms with Crippen molar-refractivity contribution in [2.45, 2.75) is 6.42 Å². The molecule has 15 heavy (non-hydrogen) atoms. The topological polar surface area (TPSA) is 62.2 Å². The molecule has 0 aliphatic rings. The first kappa shape index (κ1) is 11.2. The molecule has 2 N–H and O–H groups in total. The molecule has 0 aromatic carbocycles. The number of carboxylic acids is 1. The molecule has 1 aromatic rings. The molecule has 1 rings (SSSR count). The molecule has 1 heterocycles. The quantitative estimate of drug-likeness (QED) is 0.563. The molecule has 4 heteroatoms. The van der Waals surface area contributed by atoms with Crippen molar-refractivity contribution >= 4 is 5.97 Å². The van der Waals surface area contributed by atoms with E-state index in [0.29, 0.717) is 0 Å². The maximum Gasteiger partial charge on any atom is 0.354 e. The Hall–Kier alpha value is -1.86. The number of carbonyl (C=O) groups is 1. The number of carboxylic acid groups (broad SMARTS) is 1. The summed E-state index contributed by atoms with van der Waals surface area (Å²) < 4.78 is 0. The van der Waals surface area contributed by atoms with Crippen LogP contribution in [0.3, 0.4) is 0 Å². The van der Waals surface area contributed by atoms with Crippen LogP contribution < -0.4 is 5.32 Å². The zero-order valence-corrected chi connectivity index (χ0v) is 8.45. The average Bonchev–Trinajstić information content (AvgIpc) is 2.25. The molecule has 0 saturated carbocycles. The largest absolute Gasteiger partial charge is 0.477 e. The molecule has 0 bridgehead atoms. The van der Waals surface area contributed by atoms with Gasteiger partial charge in [0.05, 0.1) is 0 Å². The standard InChI is InChI=1S/C11H12N2O2/c1-12-7-3-2-4-9-5-6-10(11(14)15)13-8-9/h5-6,8,12H,3,7H2,1H3,(H,14,15). The predicted octanol–water partition coefficient (Wildman–Crippen LogP) is 0.741. The first-order valence-corrected chi connectivity index (χ1v) is 4.57.